The Bertz CT molecular complexity index is 442. The van der Waals surface area contributed by atoms with Crippen molar-refractivity contribution < 1.29 is 0 Å². The average molecular weight is 275 g/mol. The molecule has 3 heteroatoms. The van der Waals surface area contributed by atoms with Crippen LogP contribution in [0, 0.1) is 6.92 Å². The summed E-state index contributed by atoms with van der Waals surface area (Å²) in [6.45, 7) is 9.62. The van der Waals surface area contributed by atoms with Crippen molar-refractivity contribution in [3.05, 3.63) is 23.4 Å². The molecule has 0 amide bonds. The minimum atomic E-state index is 0.146. The highest BCUT2D eigenvalue weighted by Crippen LogP contribution is 2.27. The minimum Gasteiger partial charge on any atom is -0.356 e. The van der Waals surface area contributed by atoms with E-state index >= 15 is 0 Å². The summed E-state index contributed by atoms with van der Waals surface area (Å²) >= 11 is 0. The number of hydrogen-bond acceptors (Lipinski definition) is 3. The van der Waals surface area contributed by atoms with E-state index in [0.29, 0.717) is 6.04 Å². The number of anilines is 1. The third-order valence-electron chi connectivity index (χ3n) is 4.14. The number of rotatable bonds is 4. The van der Waals surface area contributed by atoms with Crippen molar-refractivity contribution in [3.8, 4) is 0 Å². The van der Waals surface area contributed by atoms with Crippen LogP contribution in [-0.4, -0.2) is 23.6 Å². The van der Waals surface area contributed by atoms with Gasteiger partial charge in [0, 0.05) is 31.4 Å². The molecule has 1 heterocycles. The second-order valence-corrected chi connectivity index (χ2v) is 7.14. The molecule has 1 aromatic heterocycles. The molecule has 0 unspecified atom stereocenters. The lowest BCUT2D eigenvalue weighted by Gasteiger charge is -2.27. The number of aryl methyl sites for hydroxylation is 1. The first kappa shape index (κ1) is 15.3. The lowest BCUT2D eigenvalue weighted by atomic mass is 10.1. The predicted octanol–water partition coefficient (Wildman–Crippen LogP) is 3.66. The average Bonchev–Trinajstić information content (AvgIpc) is 2.88. The Hall–Kier alpha value is -1.09. The Morgan fingerprint density at radius 1 is 1.30 bits per heavy atom. The molecule has 0 aliphatic heterocycles. The Kier molecular flexibility index (Phi) is 4.69. The molecule has 3 nitrogen and oxygen atoms in total. The van der Waals surface area contributed by atoms with Crippen LogP contribution in [0.2, 0.25) is 0 Å². The highest BCUT2D eigenvalue weighted by molar-refractivity contribution is 5.47. The monoisotopic (exact) mass is 275 g/mol. The van der Waals surface area contributed by atoms with Crippen LogP contribution in [-0.2, 0) is 6.54 Å². The summed E-state index contributed by atoms with van der Waals surface area (Å²) in [5.74, 6) is 1.15. The zero-order valence-corrected chi connectivity index (χ0v) is 13.7. The van der Waals surface area contributed by atoms with Crippen LogP contribution in [0.4, 0.5) is 5.82 Å². The molecule has 1 aliphatic carbocycles. The van der Waals surface area contributed by atoms with E-state index in [-0.39, 0.29) is 5.54 Å². The van der Waals surface area contributed by atoms with E-state index in [1.54, 1.807) is 0 Å². The molecule has 1 aliphatic rings. The minimum absolute atomic E-state index is 0.146. The van der Waals surface area contributed by atoms with Gasteiger partial charge in [-0.3, -0.25) is 0 Å². The third-order valence-corrected chi connectivity index (χ3v) is 4.14. The highest BCUT2D eigenvalue weighted by atomic mass is 15.2. The zero-order valence-electron chi connectivity index (χ0n) is 13.7. The molecule has 20 heavy (non-hydrogen) atoms. The second kappa shape index (κ2) is 6.13. The van der Waals surface area contributed by atoms with Crippen molar-refractivity contribution in [1.29, 1.82) is 0 Å². The van der Waals surface area contributed by atoms with Crippen LogP contribution < -0.4 is 10.2 Å². The van der Waals surface area contributed by atoms with Crippen molar-refractivity contribution in [2.24, 2.45) is 0 Å². The number of aromatic nitrogens is 1. The zero-order chi connectivity index (χ0) is 14.8. The summed E-state index contributed by atoms with van der Waals surface area (Å²) < 4.78 is 0. The second-order valence-electron chi connectivity index (χ2n) is 7.14. The standard InChI is InChI=1S/C17H29N3/c1-13-10-14(12-19-17(2,3)4)11-18-16(13)20(5)15-8-6-7-9-15/h10-11,15,19H,6-9,12H2,1-5H3. The Balaban J connectivity index is 2.05. The quantitative estimate of drug-likeness (QED) is 0.909. The maximum absolute atomic E-state index is 4.71. The van der Waals surface area contributed by atoms with Crippen molar-refractivity contribution >= 4 is 5.82 Å². The summed E-state index contributed by atoms with van der Waals surface area (Å²) in [5.41, 5.74) is 2.70. The Morgan fingerprint density at radius 2 is 1.95 bits per heavy atom. The lowest BCUT2D eigenvalue weighted by molar-refractivity contribution is 0.424. The molecule has 1 aromatic rings. The molecule has 1 N–H and O–H groups in total. The summed E-state index contributed by atoms with van der Waals surface area (Å²) in [6, 6.07) is 2.95. The Labute approximate surface area is 123 Å². The molecular weight excluding hydrogens is 246 g/mol. The molecule has 0 radical (unpaired) electrons. The van der Waals surface area contributed by atoms with Crippen LogP contribution in [0.25, 0.3) is 0 Å². The van der Waals surface area contributed by atoms with Gasteiger partial charge in [-0.15, -0.1) is 0 Å². The van der Waals surface area contributed by atoms with Gasteiger partial charge >= 0.3 is 0 Å². The van der Waals surface area contributed by atoms with Crippen LogP contribution in [0.15, 0.2) is 12.3 Å². The fourth-order valence-electron chi connectivity index (χ4n) is 2.92. The molecule has 0 saturated heterocycles. The van der Waals surface area contributed by atoms with Crippen molar-refractivity contribution in [2.45, 2.75) is 71.5 Å². The first-order valence-electron chi connectivity index (χ1n) is 7.80. The molecule has 1 saturated carbocycles. The molecule has 2 rings (SSSR count). The molecule has 0 atom stereocenters. The normalized spacial score (nSPS) is 16.6. The first-order chi connectivity index (χ1) is 9.37. The lowest BCUT2D eigenvalue weighted by Crippen LogP contribution is -2.35. The number of nitrogens with zero attached hydrogens (tertiary/aromatic N) is 2. The Morgan fingerprint density at radius 3 is 2.50 bits per heavy atom. The van der Waals surface area contributed by atoms with Crippen molar-refractivity contribution in [1.82, 2.24) is 10.3 Å². The van der Waals surface area contributed by atoms with Gasteiger partial charge in [-0.2, -0.15) is 0 Å². The van der Waals surface area contributed by atoms with E-state index in [1.165, 1.54) is 36.8 Å². The molecule has 0 spiro atoms. The van der Waals surface area contributed by atoms with Crippen LogP contribution in [0.1, 0.15) is 57.6 Å². The number of pyridine rings is 1. The first-order valence-corrected chi connectivity index (χ1v) is 7.80. The molecule has 0 aromatic carbocycles. The van der Waals surface area contributed by atoms with E-state index < -0.39 is 0 Å². The summed E-state index contributed by atoms with van der Waals surface area (Å²) in [6.07, 6.45) is 7.37. The van der Waals surface area contributed by atoms with Gasteiger partial charge in [0.15, 0.2) is 0 Å². The fourth-order valence-corrected chi connectivity index (χ4v) is 2.92. The van der Waals surface area contributed by atoms with E-state index in [9.17, 15) is 0 Å². The van der Waals surface area contributed by atoms with E-state index in [1.807, 2.05) is 6.20 Å². The van der Waals surface area contributed by atoms with E-state index in [4.69, 9.17) is 4.98 Å². The van der Waals surface area contributed by atoms with E-state index in [2.05, 4.69) is 51.0 Å². The van der Waals surface area contributed by atoms with Crippen molar-refractivity contribution in [3.63, 3.8) is 0 Å². The maximum atomic E-state index is 4.71. The van der Waals surface area contributed by atoms with Gasteiger partial charge in [-0.25, -0.2) is 4.98 Å². The van der Waals surface area contributed by atoms with Gasteiger partial charge in [0.05, 0.1) is 0 Å². The maximum Gasteiger partial charge on any atom is 0.131 e. The van der Waals surface area contributed by atoms with Crippen molar-refractivity contribution in [2.75, 3.05) is 11.9 Å². The van der Waals surface area contributed by atoms with Gasteiger partial charge in [0.1, 0.15) is 5.82 Å². The highest BCUT2D eigenvalue weighted by Gasteiger charge is 2.21. The predicted molar refractivity (Wildman–Crippen MR) is 86.2 cm³/mol. The fraction of sp³-hybridized carbons (Fsp3) is 0.706. The third kappa shape index (κ3) is 3.95. The van der Waals surface area contributed by atoms with Crippen LogP contribution >= 0.6 is 0 Å². The SMILES string of the molecule is Cc1cc(CNC(C)(C)C)cnc1N(C)C1CCCC1. The largest absolute Gasteiger partial charge is 0.356 e. The summed E-state index contributed by atoms with van der Waals surface area (Å²) in [5, 5.41) is 3.52. The molecule has 1 fully saturated rings. The molecule has 112 valence electrons. The number of nitrogens with one attached hydrogen (secondary N) is 1. The van der Waals surface area contributed by atoms with Gasteiger partial charge in [-0.05, 0) is 57.7 Å². The smallest absolute Gasteiger partial charge is 0.131 e. The van der Waals surface area contributed by atoms with Gasteiger partial charge < -0.3 is 10.2 Å². The van der Waals surface area contributed by atoms with Gasteiger partial charge in [-0.1, -0.05) is 12.8 Å². The summed E-state index contributed by atoms with van der Waals surface area (Å²) in [4.78, 5) is 7.09. The summed E-state index contributed by atoms with van der Waals surface area (Å²) in [7, 11) is 2.19. The number of hydrogen-bond donors (Lipinski definition) is 1. The van der Waals surface area contributed by atoms with Gasteiger partial charge in [0.2, 0.25) is 0 Å². The van der Waals surface area contributed by atoms with Crippen LogP contribution in [0.3, 0.4) is 0 Å². The molecule has 0 bridgehead atoms. The molecular formula is C17H29N3. The van der Waals surface area contributed by atoms with Crippen LogP contribution in [0.5, 0.6) is 0 Å². The van der Waals surface area contributed by atoms with E-state index in [0.717, 1.165) is 12.4 Å². The van der Waals surface area contributed by atoms with Gasteiger partial charge in [0.25, 0.3) is 0 Å². The topological polar surface area (TPSA) is 28.2 Å².